The van der Waals surface area contributed by atoms with Gasteiger partial charge in [-0.05, 0) is 25.5 Å². The number of carbonyl (C=O) groups excluding carboxylic acids is 2. The van der Waals surface area contributed by atoms with E-state index in [9.17, 15) is 9.59 Å². The van der Waals surface area contributed by atoms with Gasteiger partial charge in [0.2, 0.25) is 12.7 Å². The van der Waals surface area contributed by atoms with E-state index >= 15 is 0 Å². The van der Waals surface area contributed by atoms with Crippen molar-refractivity contribution in [2.24, 2.45) is 0 Å². The maximum atomic E-state index is 13.1. The predicted octanol–water partition coefficient (Wildman–Crippen LogP) is 2.69. The molecule has 2 aromatic rings. The molecule has 9 heteroatoms. The molecule has 0 spiro atoms. The maximum Gasteiger partial charge on any atom is 0.328 e. The van der Waals surface area contributed by atoms with Crippen molar-refractivity contribution in [3.8, 4) is 11.5 Å². The number of hydrogen-bond acceptors (Lipinski definition) is 8. The monoisotopic (exact) mass is 468 g/mol. The molecule has 3 aliphatic heterocycles. The second-order valence-corrected chi connectivity index (χ2v) is 9.10. The topological polar surface area (TPSA) is 104 Å². The lowest BCUT2D eigenvalue weighted by atomic mass is 9.90. The number of nitrogens with one attached hydrogen (secondary N) is 2. The summed E-state index contributed by atoms with van der Waals surface area (Å²) in [6, 6.07) is 12.1. The van der Waals surface area contributed by atoms with Gasteiger partial charge in [-0.3, -0.25) is 4.79 Å². The van der Waals surface area contributed by atoms with Gasteiger partial charge in [0, 0.05) is 30.2 Å². The molecule has 0 unspecified atom stereocenters. The molecule has 0 bridgehead atoms. The number of ether oxygens (including phenoxy) is 5. The molecular weight excluding hydrogens is 440 g/mol. The highest BCUT2D eigenvalue weighted by Crippen LogP contribution is 2.50. The Labute approximate surface area is 197 Å². The molecule has 0 aromatic heterocycles. The highest BCUT2D eigenvalue weighted by molar-refractivity contribution is 5.85. The average molecular weight is 469 g/mol. The fraction of sp³-hybridized carbons (Fsp3) is 0.440. The quantitative estimate of drug-likeness (QED) is 0.624. The van der Waals surface area contributed by atoms with E-state index in [4.69, 9.17) is 23.7 Å². The molecule has 2 N–H and O–H groups in total. The number of carbonyl (C=O) groups is 2. The largest absolute Gasteiger partial charge is 0.467 e. The van der Waals surface area contributed by atoms with Crippen molar-refractivity contribution in [1.82, 2.24) is 5.32 Å². The lowest BCUT2D eigenvalue weighted by Gasteiger charge is -2.34. The molecule has 1 fully saturated rings. The summed E-state index contributed by atoms with van der Waals surface area (Å²) < 4.78 is 28.4. The van der Waals surface area contributed by atoms with E-state index < -0.39 is 23.9 Å². The van der Waals surface area contributed by atoms with Gasteiger partial charge in [-0.2, -0.15) is 0 Å². The number of fused-ring (bicyclic) bond motifs is 4. The van der Waals surface area contributed by atoms with E-state index in [2.05, 4.69) is 10.6 Å². The average Bonchev–Trinajstić information content (AvgIpc) is 3.40. The molecule has 1 saturated heterocycles. The standard InChI is InChI=1S/C25H28N2O7/c1-25(2)33-22-15-10-19-20(32-13-31-19)11-16(15)26-17(23(22)34-25)12-21(28)27-18(24(29)30-3)9-14-7-5-4-6-8-14/h4-8,10-11,17-18,22-23,26H,9,12-13H2,1-3H3,(H,27,28)/t17-,18-,22-,23-/m0/s1. The third-order valence-electron chi connectivity index (χ3n) is 6.23. The molecule has 34 heavy (non-hydrogen) atoms. The number of amides is 1. The Morgan fingerprint density at radius 3 is 2.62 bits per heavy atom. The van der Waals surface area contributed by atoms with E-state index in [-0.39, 0.29) is 31.3 Å². The molecule has 0 radical (unpaired) electrons. The molecule has 1 amide bonds. The number of hydrogen-bond donors (Lipinski definition) is 2. The van der Waals surface area contributed by atoms with Gasteiger partial charge in [0.25, 0.3) is 0 Å². The summed E-state index contributed by atoms with van der Waals surface area (Å²) in [5.41, 5.74) is 2.62. The first-order valence-electron chi connectivity index (χ1n) is 11.3. The minimum absolute atomic E-state index is 0.0801. The summed E-state index contributed by atoms with van der Waals surface area (Å²) in [7, 11) is 1.31. The SMILES string of the molecule is COC(=O)[C@H](Cc1ccccc1)NC(=O)C[C@@H]1Nc2cc3c(cc2[C@@H]2OC(C)(C)O[C@@H]12)OCO3. The van der Waals surface area contributed by atoms with Crippen LogP contribution in [0.2, 0.25) is 0 Å². The van der Waals surface area contributed by atoms with Crippen LogP contribution < -0.4 is 20.1 Å². The summed E-state index contributed by atoms with van der Waals surface area (Å²) in [4.78, 5) is 25.4. The lowest BCUT2D eigenvalue weighted by molar-refractivity contribution is -0.148. The minimum atomic E-state index is -0.814. The Bertz CT molecular complexity index is 1090. The second-order valence-electron chi connectivity index (χ2n) is 9.10. The Balaban J connectivity index is 1.34. The summed E-state index contributed by atoms with van der Waals surface area (Å²) in [6.45, 7) is 3.86. The molecule has 9 nitrogen and oxygen atoms in total. The fourth-order valence-corrected chi connectivity index (χ4v) is 4.73. The van der Waals surface area contributed by atoms with Crippen LogP contribution in [0.1, 0.15) is 37.5 Å². The van der Waals surface area contributed by atoms with E-state index in [0.717, 1.165) is 16.8 Å². The predicted molar refractivity (Wildman–Crippen MR) is 121 cm³/mol. The van der Waals surface area contributed by atoms with Crippen molar-refractivity contribution in [2.75, 3.05) is 19.2 Å². The zero-order valence-electron chi connectivity index (χ0n) is 19.3. The molecule has 0 saturated carbocycles. The van der Waals surface area contributed by atoms with E-state index in [1.165, 1.54) is 7.11 Å². The molecule has 4 atom stereocenters. The van der Waals surface area contributed by atoms with Crippen LogP contribution in [-0.4, -0.2) is 49.8 Å². The third kappa shape index (κ3) is 4.41. The summed E-state index contributed by atoms with van der Waals surface area (Å²) in [6.07, 6.45) is -0.363. The van der Waals surface area contributed by atoms with E-state index in [1.54, 1.807) is 0 Å². The highest BCUT2D eigenvalue weighted by Gasteiger charge is 2.50. The van der Waals surface area contributed by atoms with Crippen molar-refractivity contribution < 1.29 is 33.3 Å². The number of benzene rings is 2. The minimum Gasteiger partial charge on any atom is -0.467 e. The Morgan fingerprint density at radius 1 is 1.15 bits per heavy atom. The van der Waals surface area contributed by atoms with Crippen LogP contribution in [0.25, 0.3) is 0 Å². The lowest BCUT2D eigenvalue weighted by Crippen LogP contribution is -2.48. The number of anilines is 1. The zero-order chi connectivity index (χ0) is 23.9. The van der Waals surface area contributed by atoms with Crippen molar-refractivity contribution in [3.63, 3.8) is 0 Å². The van der Waals surface area contributed by atoms with E-state index in [0.29, 0.717) is 17.9 Å². The Morgan fingerprint density at radius 2 is 1.88 bits per heavy atom. The van der Waals surface area contributed by atoms with Gasteiger partial charge in [-0.15, -0.1) is 0 Å². The van der Waals surface area contributed by atoms with Gasteiger partial charge in [-0.25, -0.2) is 4.79 Å². The van der Waals surface area contributed by atoms with Crippen LogP contribution >= 0.6 is 0 Å². The molecule has 5 rings (SSSR count). The highest BCUT2D eigenvalue weighted by atomic mass is 16.8. The Kier molecular flexibility index (Phi) is 5.83. The van der Waals surface area contributed by atoms with Gasteiger partial charge in [0.15, 0.2) is 17.3 Å². The van der Waals surface area contributed by atoms with Crippen molar-refractivity contribution in [1.29, 1.82) is 0 Å². The molecule has 180 valence electrons. The Hall–Kier alpha value is -3.30. The van der Waals surface area contributed by atoms with Gasteiger partial charge in [0.1, 0.15) is 18.2 Å². The molecule has 2 aromatic carbocycles. The van der Waals surface area contributed by atoms with Gasteiger partial charge in [-0.1, -0.05) is 30.3 Å². The van der Waals surface area contributed by atoms with Gasteiger partial charge in [0.05, 0.1) is 13.2 Å². The van der Waals surface area contributed by atoms with Crippen LogP contribution in [0, 0.1) is 0 Å². The molecule has 3 heterocycles. The molecule has 3 aliphatic rings. The number of rotatable bonds is 6. The van der Waals surface area contributed by atoms with Gasteiger partial charge < -0.3 is 34.3 Å². The van der Waals surface area contributed by atoms with Crippen molar-refractivity contribution >= 4 is 17.6 Å². The van der Waals surface area contributed by atoms with Crippen LogP contribution in [0.3, 0.4) is 0 Å². The summed E-state index contributed by atoms with van der Waals surface area (Å²) in [5.74, 6) is -0.303. The van der Waals surface area contributed by atoms with Crippen LogP contribution in [0.4, 0.5) is 5.69 Å². The normalized spacial score (nSPS) is 24.4. The number of methoxy groups -OCH3 is 1. The first-order chi connectivity index (χ1) is 16.3. The smallest absolute Gasteiger partial charge is 0.328 e. The van der Waals surface area contributed by atoms with Crippen LogP contribution in [0.15, 0.2) is 42.5 Å². The van der Waals surface area contributed by atoms with Crippen LogP contribution in [0.5, 0.6) is 11.5 Å². The third-order valence-corrected chi connectivity index (χ3v) is 6.23. The number of esters is 1. The zero-order valence-corrected chi connectivity index (χ0v) is 19.3. The van der Waals surface area contributed by atoms with Crippen molar-refractivity contribution in [3.05, 3.63) is 53.6 Å². The molecular formula is C25H28N2O7. The van der Waals surface area contributed by atoms with Gasteiger partial charge >= 0.3 is 5.97 Å². The maximum absolute atomic E-state index is 13.1. The van der Waals surface area contributed by atoms with Crippen LogP contribution in [-0.2, 0) is 30.2 Å². The first kappa shape index (κ1) is 22.5. The van der Waals surface area contributed by atoms with E-state index in [1.807, 2.05) is 56.3 Å². The summed E-state index contributed by atoms with van der Waals surface area (Å²) in [5, 5.41) is 6.25. The molecule has 0 aliphatic carbocycles. The van der Waals surface area contributed by atoms with Crippen molar-refractivity contribution in [2.45, 2.75) is 56.8 Å². The fourth-order valence-electron chi connectivity index (χ4n) is 4.73. The summed E-state index contributed by atoms with van der Waals surface area (Å²) >= 11 is 0. The second kappa shape index (κ2) is 8.81. The first-order valence-corrected chi connectivity index (χ1v) is 11.3.